The van der Waals surface area contributed by atoms with Gasteiger partial charge >= 0.3 is 166 Å². The van der Waals surface area contributed by atoms with E-state index >= 15 is 0 Å². The Labute approximate surface area is 165 Å². The van der Waals surface area contributed by atoms with Gasteiger partial charge in [-0.05, 0) is 0 Å². The van der Waals surface area contributed by atoms with E-state index in [1.165, 1.54) is 26.6 Å². The van der Waals surface area contributed by atoms with Crippen LogP contribution in [0.15, 0.2) is 109 Å². The van der Waals surface area contributed by atoms with Crippen molar-refractivity contribution in [3.8, 4) is 0 Å². The van der Waals surface area contributed by atoms with Gasteiger partial charge in [-0.3, -0.25) is 0 Å². The van der Waals surface area contributed by atoms with Crippen LogP contribution < -0.4 is 15.5 Å². The zero-order valence-corrected chi connectivity index (χ0v) is 17.5. The summed E-state index contributed by atoms with van der Waals surface area (Å²) in [5, 5.41) is 0. The molecule has 0 fully saturated rings. The Morgan fingerprint density at radius 1 is 0.370 bits per heavy atom. The molecule has 0 aromatic heterocycles. The van der Waals surface area contributed by atoms with Crippen LogP contribution in [0.1, 0.15) is 11.1 Å². The van der Waals surface area contributed by atoms with Crippen LogP contribution in [-0.4, -0.2) is 0 Å². The maximum absolute atomic E-state index is 3.05. The molecule has 0 aliphatic heterocycles. The van der Waals surface area contributed by atoms with Crippen LogP contribution in [0.5, 0.6) is 0 Å². The fourth-order valence-electron chi connectivity index (χ4n) is 3.98. The Morgan fingerprint density at radius 3 is 1.00 bits per heavy atom. The molecule has 4 aromatic rings. The SMILES string of the molecule is Cc1cc[c]([Ti]([c]2ccccc2)([c]2ccccc2)[c]2ccc(C)cc2)cc1. The summed E-state index contributed by atoms with van der Waals surface area (Å²) in [6, 6.07) is 40.7. The summed E-state index contributed by atoms with van der Waals surface area (Å²) in [6.07, 6.45) is 0. The summed E-state index contributed by atoms with van der Waals surface area (Å²) in [4.78, 5) is 0. The second kappa shape index (κ2) is 7.68. The van der Waals surface area contributed by atoms with E-state index in [0.717, 1.165) is 0 Å². The van der Waals surface area contributed by atoms with Crippen molar-refractivity contribution in [3.05, 3.63) is 120 Å². The van der Waals surface area contributed by atoms with Gasteiger partial charge in [-0.25, -0.2) is 0 Å². The number of hydrogen-bond donors (Lipinski definition) is 0. The van der Waals surface area contributed by atoms with E-state index in [2.05, 4.69) is 123 Å². The quantitative estimate of drug-likeness (QED) is 0.466. The Kier molecular flexibility index (Phi) is 5.12. The molecule has 0 radical (unpaired) electrons. The van der Waals surface area contributed by atoms with Gasteiger partial charge in [0, 0.05) is 0 Å². The first-order valence-electron chi connectivity index (χ1n) is 9.46. The minimum atomic E-state index is -3.05. The van der Waals surface area contributed by atoms with Crippen LogP contribution in [0.25, 0.3) is 0 Å². The van der Waals surface area contributed by atoms with Gasteiger partial charge in [-0.1, -0.05) is 0 Å². The summed E-state index contributed by atoms with van der Waals surface area (Å²) < 4.78 is 5.89. The molecule has 0 saturated carbocycles. The van der Waals surface area contributed by atoms with Gasteiger partial charge in [0.15, 0.2) is 0 Å². The van der Waals surface area contributed by atoms with Crippen molar-refractivity contribution in [2.45, 2.75) is 13.8 Å². The number of aryl methyl sites for hydroxylation is 2. The first-order chi connectivity index (χ1) is 13.2. The predicted molar refractivity (Wildman–Crippen MR) is 114 cm³/mol. The normalized spacial score (nSPS) is 11.3. The molecule has 132 valence electrons. The van der Waals surface area contributed by atoms with Crippen LogP contribution in [0, 0.1) is 13.8 Å². The zero-order chi connectivity index (χ0) is 18.7. The van der Waals surface area contributed by atoms with E-state index in [4.69, 9.17) is 0 Å². The van der Waals surface area contributed by atoms with E-state index in [9.17, 15) is 0 Å². The Balaban J connectivity index is 2.11. The van der Waals surface area contributed by atoms with Crippen LogP contribution in [0.4, 0.5) is 0 Å². The molecular weight excluding hydrogens is 360 g/mol. The summed E-state index contributed by atoms with van der Waals surface area (Å²) >= 11 is -3.05. The average molecular weight is 384 g/mol. The Hall–Kier alpha value is -2.41. The second-order valence-electron chi connectivity index (χ2n) is 7.21. The Bertz CT molecular complexity index is 914. The molecule has 0 amide bonds. The number of hydrogen-bond acceptors (Lipinski definition) is 0. The molecule has 4 aromatic carbocycles. The molecule has 0 N–H and O–H groups in total. The van der Waals surface area contributed by atoms with Gasteiger partial charge < -0.3 is 0 Å². The fraction of sp³-hybridized carbons (Fsp3) is 0.0769. The third-order valence-corrected chi connectivity index (χ3v) is 12.9. The molecule has 27 heavy (non-hydrogen) atoms. The van der Waals surface area contributed by atoms with Crippen molar-refractivity contribution >= 4 is 15.5 Å². The summed E-state index contributed by atoms with van der Waals surface area (Å²) in [7, 11) is 0. The van der Waals surface area contributed by atoms with Crippen LogP contribution in [0.2, 0.25) is 0 Å². The molecule has 0 atom stereocenters. The van der Waals surface area contributed by atoms with Crippen molar-refractivity contribution in [2.75, 3.05) is 0 Å². The molecule has 1 heteroatoms. The minimum absolute atomic E-state index is 1.31. The fourth-order valence-corrected chi connectivity index (χ4v) is 11.4. The number of rotatable bonds is 4. The first-order valence-corrected chi connectivity index (χ1v) is 12.6. The van der Waals surface area contributed by atoms with E-state index in [1.54, 1.807) is 0 Å². The third kappa shape index (κ3) is 3.32. The molecule has 4 rings (SSSR count). The van der Waals surface area contributed by atoms with Gasteiger partial charge in [-0.2, -0.15) is 0 Å². The molecule has 0 bridgehead atoms. The van der Waals surface area contributed by atoms with Crippen molar-refractivity contribution in [3.63, 3.8) is 0 Å². The van der Waals surface area contributed by atoms with Crippen molar-refractivity contribution in [1.82, 2.24) is 0 Å². The monoisotopic (exact) mass is 384 g/mol. The van der Waals surface area contributed by atoms with E-state index in [-0.39, 0.29) is 0 Å². The van der Waals surface area contributed by atoms with Crippen LogP contribution in [0.3, 0.4) is 0 Å². The molecule has 0 unspecified atom stereocenters. The Morgan fingerprint density at radius 2 is 0.667 bits per heavy atom. The van der Waals surface area contributed by atoms with Gasteiger partial charge in [-0.15, -0.1) is 0 Å². The van der Waals surface area contributed by atoms with E-state index in [0.29, 0.717) is 0 Å². The summed E-state index contributed by atoms with van der Waals surface area (Å²) in [6.45, 7) is 4.32. The van der Waals surface area contributed by atoms with Crippen LogP contribution >= 0.6 is 0 Å². The standard InChI is InChI=1S/2C7H7.2C6H5.Ti/c2*1-7-5-3-2-4-6-7;2*1-2-4-6-5-3-1;/h2*3-6H,1H3;2*1-5H;. The predicted octanol–water partition coefficient (Wildman–Crippen LogP) is 4.06. The van der Waals surface area contributed by atoms with Gasteiger partial charge in [0.05, 0.1) is 0 Å². The van der Waals surface area contributed by atoms with E-state index < -0.39 is 16.6 Å². The molecule has 0 aliphatic rings. The zero-order valence-electron chi connectivity index (χ0n) is 15.9. The average Bonchev–Trinajstić information content (AvgIpc) is 2.73. The topological polar surface area (TPSA) is 0 Å². The van der Waals surface area contributed by atoms with Crippen molar-refractivity contribution in [2.24, 2.45) is 0 Å². The molecule has 0 nitrogen and oxygen atoms in total. The number of benzene rings is 4. The van der Waals surface area contributed by atoms with Gasteiger partial charge in [0.25, 0.3) is 0 Å². The first kappa shape index (κ1) is 18.0. The molecule has 0 heterocycles. The summed E-state index contributed by atoms with van der Waals surface area (Å²) in [5.74, 6) is 0. The molecule has 0 aliphatic carbocycles. The maximum atomic E-state index is 2.36. The van der Waals surface area contributed by atoms with Gasteiger partial charge in [0.1, 0.15) is 0 Å². The third-order valence-electron chi connectivity index (χ3n) is 5.38. The summed E-state index contributed by atoms with van der Waals surface area (Å²) in [5.41, 5.74) is 2.61. The second-order valence-corrected chi connectivity index (χ2v) is 13.2. The van der Waals surface area contributed by atoms with Crippen molar-refractivity contribution < 1.29 is 16.6 Å². The molecule has 0 saturated heterocycles. The van der Waals surface area contributed by atoms with E-state index in [1.807, 2.05) is 0 Å². The molecule has 0 spiro atoms. The molecular formula is C26H24Ti. The van der Waals surface area contributed by atoms with Crippen LogP contribution in [-0.2, 0) is 16.6 Å². The van der Waals surface area contributed by atoms with Gasteiger partial charge in [0.2, 0.25) is 0 Å². The van der Waals surface area contributed by atoms with Crippen molar-refractivity contribution in [1.29, 1.82) is 0 Å².